The minimum atomic E-state index is -3.41. The fraction of sp³-hybridized carbons (Fsp3) is 0.364. The number of carbonyl (C=O) groups excluding carboxylic acids is 1. The molecule has 1 amide bonds. The third-order valence-electron chi connectivity index (χ3n) is 2.28. The lowest BCUT2D eigenvalue weighted by molar-refractivity contribution is -0.116. The molecule has 19 heavy (non-hydrogen) atoms. The SMILES string of the molecule is Cc1cc(C#N)cc(NC(=O)CN(C)S(C)(=O)=O)n1. The highest BCUT2D eigenvalue weighted by atomic mass is 32.2. The van der Waals surface area contributed by atoms with Crippen LogP contribution in [-0.2, 0) is 14.8 Å². The fourth-order valence-electron chi connectivity index (χ4n) is 1.30. The second kappa shape index (κ2) is 5.77. The lowest BCUT2D eigenvalue weighted by Gasteiger charge is -2.13. The number of likely N-dealkylation sites (N-methyl/N-ethyl adjacent to an activating group) is 1. The highest BCUT2D eigenvalue weighted by molar-refractivity contribution is 7.88. The molecule has 0 aliphatic carbocycles. The average molecular weight is 282 g/mol. The van der Waals surface area contributed by atoms with E-state index in [4.69, 9.17) is 5.26 Å². The Morgan fingerprint density at radius 3 is 2.68 bits per heavy atom. The van der Waals surface area contributed by atoms with Crippen molar-refractivity contribution in [3.05, 3.63) is 23.4 Å². The summed E-state index contributed by atoms with van der Waals surface area (Å²) in [6, 6.07) is 4.95. The van der Waals surface area contributed by atoms with Gasteiger partial charge >= 0.3 is 0 Å². The molecule has 1 rings (SSSR count). The summed E-state index contributed by atoms with van der Waals surface area (Å²) in [5.41, 5.74) is 0.963. The predicted molar refractivity (Wildman–Crippen MR) is 69.8 cm³/mol. The first-order valence-electron chi connectivity index (χ1n) is 5.32. The van der Waals surface area contributed by atoms with Crippen molar-refractivity contribution in [1.82, 2.24) is 9.29 Å². The fourth-order valence-corrected chi connectivity index (χ4v) is 1.65. The maximum absolute atomic E-state index is 11.6. The van der Waals surface area contributed by atoms with Gasteiger partial charge in [-0.05, 0) is 19.1 Å². The van der Waals surface area contributed by atoms with Crippen LogP contribution >= 0.6 is 0 Å². The molecule has 0 saturated heterocycles. The molecule has 1 aromatic rings. The molecule has 8 heteroatoms. The second-order valence-corrected chi connectivity index (χ2v) is 6.15. The molecule has 1 heterocycles. The number of nitriles is 1. The largest absolute Gasteiger partial charge is 0.310 e. The van der Waals surface area contributed by atoms with Crippen molar-refractivity contribution in [2.75, 3.05) is 25.2 Å². The average Bonchev–Trinajstić information content (AvgIpc) is 2.26. The van der Waals surface area contributed by atoms with Crippen molar-refractivity contribution >= 4 is 21.7 Å². The number of amides is 1. The summed E-state index contributed by atoms with van der Waals surface area (Å²) in [6.07, 6.45) is 1.01. The highest BCUT2D eigenvalue weighted by Gasteiger charge is 2.15. The molecule has 0 aliphatic rings. The van der Waals surface area contributed by atoms with Crippen LogP contribution in [0.1, 0.15) is 11.3 Å². The van der Waals surface area contributed by atoms with E-state index in [-0.39, 0.29) is 12.4 Å². The summed E-state index contributed by atoms with van der Waals surface area (Å²) in [5.74, 6) is -0.293. The van der Waals surface area contributed by atoms with E-state index in [1.165, 1.54) is 13.1 Å². The van der Waals surface area contributed by atoms with Gasteiger partial charge in [-0.3, -0.25) is 4.79 Å². The molecular formula is C11H14N4O3S. The van der Waals surface area contributed by atoms with Gasteiger partial charge in [-0.1, -0.05) is 0 Å². The predicted octanol–water partition coefficient (Wildman–Crippen LogP) is 0.0916. The number of sulfonamides is 1. The number of pyridine rings is 1. The number of nitrogens with one attached hydrogen (secondary N) is 1. The molecule has 0 radical (unpaired) electrons. The van der Waals surface area contributed by atoms with Crippen LogP contribution in [0.3, 0.4) is 0 Å². The van der Waals surface area contributed by atoms with Gasteiger partial charge in [0.15, 0.2) is 0 Å². The molecule has 0 aliphatic heterocycles. The summed E-state index contributed by atoms with van der Waals surface area (Å²) < 4.78 is 23.2. The summed E-state index contributed by atoms with van der Waals surface area (Å²) in [4.78, 5) is 15.7. The molecule has 0 unspecified atom stereocenters. The van der Waals surface area contributed by atoms with Crippen LogP contribution in [0.25, 0.3) is 0 Å². The number of carbonyl (C=O) groups is 1. The van der Waals surface area contributed by atoms with Gasteiger partial charge in [0.25, 0.3) is 0 Å². The Hall–Kier alpha value is -1.98. The lowest BCUT2D eigenvalue weighted by Crippen LogP contribution is -2.34. The van der Waals surface area contributed by atoms with Crippen molar-refractivity contribution < 1.29 is 13.2 Å². The van der Waals surface area contributed by atoms with Crippen molar-refractivity contribution in [2.45, 2.75) is 6.92 Å². The van der Waals surface area contributed by atoms with Crippen LogP contribution in [0.2, 0.25) is 0 Å². The molecule has 1 aromatic heterocycles. The first kappa shape index (κ1) is 15.1. The monoisotopic (exact) mass is 282 g/mol. The van der Waals surface area contributed by atoms with E-state index < -0.39 is 15.9 Å². The number of hydrogen-bond donors (Lipinski definition) is 1. The van der Waals surface area contributed by atoms with Gasteiger partial charge in [-0.2, -0.15) is 9.57 Å². The van der Waals surface area contributed by atoms with Gasteiger partial charge in [0.2, 0.25) is 15.9 Å². The molecule has 0 aromatic carbocycles. The number of nitrogens with zero attached hydrogens (tertiary/aromatic N) is 3. The molecule has 0 saturated carbocycles. The summed E-state index contributed by atoms with van der Waals surface area (Å²) in [7, 11) is -2.11. The molecule has 7 nitrogen and oxygen atoms in total. The zero-order valence-corrected chi connectivity index (χ0v) is 11.7. The maximum atomic E-state index is 11.6. The molecule has 0 atom stereocenters. The third-order valence-corrected chi connectivity index (χ3v) is 3.54. The van der Waals surface area contributed by atoms with Crippen LogP contribution in [0.5, 0.6) is 0 Å². The van der Waals surface area contributed by atoms with Gasteiger partial charge < -0.3 is 5.32 Å². The first-order chi connectivity index (χ1) is 8.72. The maximum Gasteiger partial charge on any atom is 0.240 e. The summed E-state index contributed by atoms with van der Waals surface area (Å²) in [5, 5.41) is 11.2. The van der Waals surface area contributed by atoms with E-state index in [2.05, 4.69) is 10.3 Å². The summed E-state index contributed by atoms with van der Waals surface area (Å²) >= 11 is 0. The molecular weight excluding hydrogens is 268 g/mol. The van der Waals surface area contributed by atoms with Crippen LogP contribution in [0, 0.1) is 18.3 Å². The zero-order chi connectivity index (χ0) is 14.6. The molecule has 0 fully saturated rings. The third kappa shape index (κ3) is 4.65. The molecule has 0 spiro atoms. The quantitative estimate of drug-likeness (QED) is 0.843. The zero-order valence-electron chi connectivity index (χ0n) is 10.8. The van der Waals surface area contributed by atoms with Crippen LogP contribution in [-0.4, -0.2) is 43.5 Å². The van der Waals surface area contributed by atoms with Gasteiger partial charge in [0, 0.05) is 12.7 Å². The lowest BCUT2D eigenvalue weighted by atomic mass is 10.2. The molecule has 102 valence electrons. The van der Waals surface area contributed by atoms with Crippen molar-refractivity contribution in [3.8, 4) is 6.07 Å². The summed E-state index contributed by atoms with van der Waals surface area (Å²) in [6.45, 7) is 1.38. The highest BCUT2D eigenvalue weighted by Crippen LogP contribution is 2.09. The van der Waals surface area contributed by atoms with Gasteiger partial charge in [0.05, 0.1) is 24.4 Å². The van der Waals surface area contributed by atoms with E-state index in [0.717, 1.165) is 10.6 Å². The van der Waals surface area contributed by atoms with Crippen molar-refractivity contribution in [2.24, 2.45) is 0 Å². The van der Waals surface area contributed by atoms with Crippen LogP contribution in [0.4, 0.5) is 5.82 Å². The molecule has 1 N–H and O–H groups in total. The van der Waals surface area contributed by atoms with Crippen LogP contribution < -0.4 is 5.32 Å². The normalized spacial score (nSPS) is 11.1. The standard InChI is InChI=1S/C11H14N4O3S/c1-8-4-9(6-12)5-10(13-8)14-11(16)7-15(2)19(3,17)18/h4-5H,7H2,1-3H3,(H,13,14,16). The Morgan fingerprint density at radius 1 is 1.53 bits per heavy atom. The number of aromatic nitrogens is 1. The number of aryl methyl sites for hydroxylation is 1. The Morgan fingerprint density at radius 2 is 2.16 bits per heavy atom. The van der Waals surface area contributed by atoms with E-state index in [1.807, 2.05) is 6.07 Å². The van der Waals surface area contributed by atoms with Gasteiger partial charge in [0.1, 0.15) is 5.82 Å². The second-order valence-electron chi connectivity index (χ2n) is 4.06. The Labute approximate surface area is 111 Å². The smallest absolute Gasteiger partial charge is 0.240 e. The minimum Gasteiger partial charge on any atom is -0.310 e. The minimum absolute atomic E-state index is 0.225. The topological polar surface area (TPSA) is 103 Å². The van der Waals surface area contributed by atoms with E-state index in [0.29, 0.717) is 11.3 Å². The number of rotatable bonds is 4. The van der Waals surface area contributed by atoms with E-state index >= 15 is 0 Å². The van der Waals surface area contributed by atoms with Gasteiger partial charge in [-0.15, -0.1) is 0 Å². The Kier molecular flexibility index (Phi) is 4.58. The van der Waals surface area contributed by atoms with E-state index in [9.17, 15) is 13.2 Å². The molecule has 0 bridgehead atoms. The van der Waals surface area contributed by atoms with Crippen molar-refractivity contribution in [3.63, 3.8) is 0 Å². The van der Waals surface area contributed by atoms with E-state index in [1.54, 1.807) is 13.0 Å². The van der Waals surface area contributed by atoms with Crippen LogP contribution in [0.15, 0.2) is 12.1 Å². The van der Waals surface area contributed by atoms with Crippen molar-refractivity contribution in [1.29, 1.82) is 5.26 Å². The van der Waals surface area contributed by atoms with Gasteiger partial charge in [-0.25, -0.2) is 13.4 Å². The first-order valence-corrected chi connectivity index (χ1v) is 7.17. The Balaban J connectivity index is 2.78. The number of hydrogen-bond acceptors (Lipinski definition) is 5. The number of anilines is 1. The Bertz CT molecular complexity index is 634.